The molecule has 0 saturated heterocycles. The molecule has 7 nitrogen and oxygen atoms in total. The van der Waals surface area contributed by atoms with Gasteiger partial charge in [-0.25, -0.2) is 4.98 Å². The van der Waals surface area contributed by atoms with Crippen molar-refractivity contribution in [2.24, 2.45) is 0 Å². The molecule has 31 heavy (non-hydrogen) atoms. The maximum absolute atomic E-state index is 13.0. The van der Waals surface area contributed by atoms with Crippen LogP contribution in [0.4, 0.5) is 13.2 Å². The van der Waals surface area contributed by atoms with Gasteiger partial charge in [0.15, 0.2) is 6.61 Å². The Labute approximate surface area is 177 Å². The first-order valence-corrected chi connectivity index (χ1v) is 9.73. The van der Waals surface area contributed by atoms with E-state index in [1.807, 2.05) is 13.8 Å². The Balaban J connectivity index is 1.81. The number of fused-ring (bicyclic) bond motifs is 1. The first-order valence-electron chi connectivity index (χ1n) is 9.73. The fraction of sp³-hybridized carbons (Fsp3) is 0.429. The average molecular weight is 436 g/mol. The van der Waals surface area contributed by atoms with Gasteiger partial charge in [0.05, 0.1) is 6.04 Å². The summed E-state index contributed by atoms with van der Waals surface area (Å²) < 4.78 is 41.9. The number of nitrogens with zero attached hydrogens (tertiary/aromatic N) is 3. The van der Waals surface area contributed by atoms with Crippen molar-refractivity contribution in [3.8, 4) is 5.88 Å². The average Bonchev–Trinajstić information content (AvgIpc) is 3.02. The monoisotopic (exact) mass is 436 g/mol. The molecule has 3 heterocycles. The highest BCUT2D eigenvalue weighted by Crippen LogP contribution is 2.33. The van der Waals surface area contributed by atoms with E-state index in [2.05, 4.69) is 15.3 Å². The number of aryl methyl sites for hydroxylation is 1. The summed E-state index contributed by atoms with van der Waals surface area (Å²) in [5.74, 6) is -0.711. The number of pyridine rings is 2. The van der Waals surface area contributed by atoms with Crippen molar-refractivity contribution in [3.63, 3.8) is 0 Å². The van der Waals surface area contributed by atoms with Crippen LogP contribution in [0.5, 0.6) is 5.88 Å². The Hall–Kier alpha value is -3.17. The summed E-state index contributed by atoms with van der Waals surface area (Å²) in [6, 6.07) is 2.71. The van der Waals surface area contributed by atoms with Gasteiger partial charge in [0.1, 0.15) is 5.69 Å². The normalized spacial score (nSPS) is 14.6. The van der Waals surface area contributed by atoms with Crippen LogP contribution in [0.15, 0.2) is 24.5 Å². The summed E-state index contributed by atoms with van der Waals surface area (Å²) in [6.07, 6.45) is -1.63. The smallest absolute Gasteiger partial charge is 0.422 e. The van der Waals surface area contributed by atoms with Gasteiger partial charge in [0.2, 0.25) is 5.88 Å². The van der Waals surface area contributed by atoms with Crippen molar-refractivity contribution in [2.45, 2.75) is 52.5 Å². The van der Waals surface area contributed by atoms with Gasteiger partial charge in [-0.05, 0) is 45.4 Å². The fourth-order valence-corrected chi connectivity index (χ4v) is 3.38. The molecule has 1 N–H and O–H groups in total. The summed E-state index contributed by atoms with van der Waals surface area (Å²) in [7, 11) is 0. The van der Waals surface area contributed by atoms with Gasteiger partial charge in [0, 0.05) is 41.7 Å². The van der Waals surface area contributed by atoms with E-state index in [0.29, 0.717) is 22.3 Å². The van der Waals surface area contributed by atoms with E-state index < -0.39 is 18.8 Å². The van der Waals surface area contributed by atoms with Gasteiger partial charge in [-0.1, -0.05) is 0 Å². The molecular formula is C21H23F3N4O3. The molecule has 0 bridgehead atoms. The van der Waals surface area contributed by atoms with Gasteiger partial charge in [-0.2, -0.15) is 13.2 Å². The van der Waals surface area contributed by atoms with Crippen LogP contribution in [-0.2, 0) is 6.54 Å². The third kappa shape index (κ3) is 4.95. The van der Waals surface area contributed by atoms with Crippen LogP contribution in [0.2, 0.25) is 0 Å². The first kappa shape index (κ1) is 22.5. The maximum Gasteiger partial charge on any atom is 0.422 e. The topological polar surface area (TPSA) is 84.4 Å². The van der Waals surface area contributed by atoms with E-state index in [1.54, 1.807) is 30.9 Å². The third-order valence-corrected chi connectivity index (χ3v) is 4.88. The number of carbonyl (C=O) groups excluding carboxylic acids is 2. The van der Waals surface area contributed by atoms with Gasteiger partial charge < -0.3 is 15.0 Å². The van der Waals surface area contributed by atoms with Crippen molar-refractivity contribution in [2.75, 3.05) is 6.61 Å². The largest absolute Gasteiger partial charge is 0.468 e. The van der Waals surface area contributed by atoms with Crippen LogP contribution < -0.4 is 10.1 Å². The number of amides is 2. The highest BCUT2D eigenvalue weighted by molar-refractivity contribution is 6.03. The Morgan fingerprint density at radius 1 is 1.29 bits per heavy atom. The van der Waals surface area contributed by atoms with E-state index in [-0.39, 0.29) is 36.0 Å². The van der Waals surface area contributed by atoms with Crippen molar-refractivity contribution < 1.29 is 27.5 Å². The standard InChI is InChI=1S/C21H23F3N4O3/c1-11(2)27-18(29)17-16-9-28(20(30)15(16)5-6-25-17)13(4)14-7-12(3)19(26-8-14)31-10-21(22,23)24/h5-8,11,13H,9-10H2,1-4H3,(H,27,29). The number of carbonyl (C=O) groups is 2. The number of nitrogens with one attached hydrogen (secondary N) is 1. The Morgan fingerprint density at radius 3 is 2.61 bits per heavy atom. The zero-order valence-corrected chi connectivity index (χ0v) is 17.6. The summed E-state index contributed by atoms with van der Waals surface area (Å²) >= 11 is 0. The predicted molar refractivity (Wildman–Crippen MR) is 106 cm³/mol. The Kier molecular flexibility index (Phi) is 6.19. The quantitative estimate of drug-likeness (QED) is 0.748. The second kappa shape index (κ2) is 8.52. The van der Waals surface area contributed by atoms with Crippen LogP contribution in [-0.4, -0.2) is 45.5 Å². The summed E-state index contributed by atoms with van der Waals surface area (Å²) in [5, 5.41) is 2.78. The number of halogens is 3. The minimum Gasteiger partial charge on any atom is -0.468 e. The first-order chi connectivity index (χ1) is 14.5. The Morgan fingerprint density at radius 2 is 2.00 bits per heavy atom. The second-order valence-electron chi connectivity index (χ2n) is 7.72. The lowest BCUT2D eigenvalue weighted by Gasteiger charge is -2.25. The lowest BCUT2D eigenvalue weighted by molar-refractivity contribution is -0.154. The molecule has 3 rings (SSSR count). The van der Waals surface area contributed by atoms with Crippen LogP contribution in [0.1, 0.15) is 64.3 Å². The van der Waals surface area contributed by atoms with Crippen molar-refractivity contribution >= 4 is 11.8 Å². The van der Waals surface area contributed by atoms with Crippen molar-refractivity contribution in [3.05, 3.63) is 52.5 Å². The van der Waals surface area contributed by atoms with Gasteiger partial charge in [-0.3, -0.25) is 14.6 Å². The molecule has 1 atom stereocenters. The number of hydrogen-bond donors (Lipinski definition) is 1. The molecular weight excluding hydrogens is 413 g/mol. The third-order valence-electron chi connectivity index (χ3n) is 4.88. The molecule has 1 aliphatic heterocycles. The number of alkyl halides is 3. The SMILES string of the molecule is Cc1cc(C(C)N2Cc3c(ccnc3C(=O)NC(C)C)C2=O)cnc1OCC(F)(F)F. The van der Waals surface area contributed by atoms with E-state index >= 15 is 0 Å². The number of rotatable bonds is 6. The van der Waals surface area contributed by atoms with E-state index in [1.165, 1.54) is 12.4 Å². The number of hydrogen-bond acceptors (Lipinski definition) is 5. The molecule has 0 spiro atoms. The summed E-state index contributed by atoms with van der Waals surface area (Å²) in [5.41, 5.74) is 2.23. The molecule has 0 fully saturated rings. The highest BCUT2D eigenvalue weighted by Gasteiger charge is 2.35. The summed E-state index contributed by atoms with van der Waals surface area (Å²) in [6.45, 7) is 5.81. The zero-order chi connectivity index (χ0) is 22.9. The molecule has 0 aromatic carbocycles. The fourth-order valence-electron chi connectivity index (χ4n) is 3.38. The number of aromatic nitrogens is 2. The van der Waals surface area contributed by atoms with E-state index in [9.17, 15) is 22.8 Å². The minimum absolute atomic E-state index is 0.0792. The maximum atomic E-state index is 13.0. The molecule has 2 aromatic heterocycles. The second-order valence-corrected chi connectivity index (χ2v) is 7.72. The predicted octanol–water partition coefficient (Wildman–Crippen LogP) is 3.58. The molecule has 2 amide bonds. The van der Waals surface area contributed by atoms with Crippen LogP contribution >= 0.6 is 0 Å². The van der Waals surface area contributed by atoms with Crippen molar-refractivity contribution in [1.82, 2.24) is 20.2 Å². The van der Waals surface area contributed by atoms with E-state index in [4.69, 9.17) is 4.74 Å². The molecule has 0 saturated carbocycles. The van der Waals surface area contributed by atoms with Crippen molar-refractivity contribution in [1.29, 1.82) is 0 Å². The molecule has 1 unspecified atom stereocenters. The van der Waals surface area contributed by atoms with Crippen LogP contribution in [0.3, 0.4) is 0 Å². The number of ether oxygens (including phenoxy) is 1. The van der Waals surface area contributed by atoms with Crippen LogP contribution in [0, 0.1) is 6.92 Å². The van der Waals surface area contributed by atoms with Crippen LogP contribution in [0.25, 0.3) is 0 Å². The lowest BCUT2D eigenvalue weighted by atomic mass is 10.1. The minimum atomic E-state index is -4.46. The van der Waals surface area contributed by atoms with Gasteiger partial charge in [0.25, 0.3) is 11.8 Å². The zero-order valence-electron chi connectivity index (χ0n) is 17.6. The molecule has 0 radical (unpaired) electrons. The van der Waals surface area contributed by atoms with Gasteiger partial charge >= 0.3 is 6.18 Å². The molecule has 1 aliphatic rings. The van der Waals surface area contributed by atoms with E-state index in [0.717, 1.165) is 0 Å². The molecule has 2 aromatic rings. The summed E-state index contributed by atoms with van der Waals surface area (Å²) in [4.78, 5) is 35.2. The Bertz CT molecular complexity index is 1010. The van der Waals surface area contributed by atoms with Gasteiger partial charge in [-0.15, -0.1) is 0 Å². The lowest BCUT2D eigenvalue weighted by Crippen LogP contribution is -2.31. The molecule has 0 aliphatic carbocycles. The highest BCUT2D eigenvalue weighted by atomic mass is 19.4. The molecule has 10 heteroatoms. The molecule has 166 valence electrons.